The summed E-state index contributed by atoms with van der Waals surface area (Å²) in [5.74, 6) is 2.35. The Morgan fingerprint density at radius 1 is 0.839 bits per heavy atom. The molecule has 0 aromatic heterocycles. The monoisotopic (exact) mass is 438 g/mol. The van der Waals surface area contributed by atoms with Crippen LogP contribution in [0.5, 0.6) is 23.0 Å². The fraction of sp³-hybridized carbons (Fsp3) is 0.160. The standard InChI is InChI=1S/C25H23ClO5/c1-28-23-12-5-17(14-19(23)16-31-21-9-7-20(26)8-10-21)4-11-22(27)18-6-13-24(29-2)25(15-18)30-3/h4-15H,16H2,1-3H3/b11-4+. The van der Waals surface area contributed by atoms with Gasteiger partial charge in [-0.2, -0.15) is 0 Å². The normalized spacial score (nSPS) is 10.7. The first-order valence-electron chi connectivity index (χ1n) is 9.53. The second-order valence-corrected chi connectivity index (χ2v) is 7.02. The molecular formula is C25H23ClO5. The minimum Gasteiger partial charge on any atom is -0.496 e. The highest BCUT2D eigenvalue weighted by Gasteiger charge is 2.09. The number of halogens is 1. The summed E-state index contributed by atoms with van der Waals surface area (Å²) in [5, 5.41) is 0.649. The Morgan fingerprint density at radius 3 is 2.19 bits per heavy atom. The van der Waals surface area contributed by atoms with E-state index in [0.717, 1.165) is 11.1 Å². The second kappa shape index (κ2) is 10.5. The quantitative estimate of drug-likeness (QED) is 0.310. The van der Waals surface area contributed by atoms with Gasteiger partial charge in [-0.05, 0) is 66.2 Å². The highest BCUT2D eigenvalue weighted by molar-refractivity contribution is 6.30. The third kappa shape index (κ3) is 5.80. The Morgan fingerprint density at radius 2 is 1.52 bits per heavy atom. The zero-order chi connectivity index (χ0) is 22.2. The van der Waals surface area contributed by atoms with E-state index in [1.165, 1.54) is 13.2 Å². The summed E-state index contributed by atoms with van der Waals surface area (Å²) in [6, 6.07) is 17.9. The van der Waals surface area contributed by atoms with Gasteiger partial charge in [0.25, 0.3) is 0 Å². The molecule has 0 amide bonds. The Kier molecular flexibility index (Phi) is 7.57. The van der Waals surface area contributed by atoms with Crippen molar-refractivity contribution < 1.29 is 23.7 Å². The number of methoxy groups -OCH3 is 3. The van der Waals surface area contributed by atoms with Crippen LogP contribution in [-0.2, 0) is 6.61 Å². The number of carbonyl (C=O) groups is 1. The first-order valence-corrected chi connectivity index (χ1v) is 9.91. The Balaban J connectivity index is 1.75. The molecule has 0 heterocycles. The first kappa shape index (κ1) is 22.2. The molecule has 160 valence electrons. The third-order valence-corrected chi connectivity index (χ3v) is 4.86. The van der Waals surface area contributed by atoms with Gasteiger partial charge >= 0.3 is 0 Å². The second-order valence-electron chi connectivity index (χ2n) is 6.58. The molecule has 0 aliphatic rings. The third-order valence-electron chi connectivity index (χ3n) is 4.61. The molecule has 0 spiro atoms. The van der Waals surface area contributed by atoms with Gasteiger partial charge in [0.05, 0.1) is 21.3 Å². The number of carbonyl (C=O) groups excluding carboxylic acids is 1. The number of allylic oxidation sites excluding steroid dienone is 1. The van der Waals surface area contributed by atoms with Crippen molar-refractivity contribution in [3.63, 3.8) is 0 Å². The summed E-state index contributed by atoms with van der Waals surface area (Å²) in [4.78, 5) is 12.6. The zero-order valence-electron chi connectivity index (χ0n) is 17.6. The van der Waals surface area contributed by atoms with E-state index in [1.807, 2.05) is 18.2 Å². The Hall–Kier alpha value is -3.44. The Bertz CT molecular complexity index is 1070. The molecule has 3 aromatic rings. The van der Waals surface area contributed by atoms with Crippen LogP contribution in [-0.4, -0.2) is 27.1 Å². The van der Waals surface area contributed by atoms with Crippen molar-refractivity contribution in [1.82, 2.24) is 0 Å². The van der Waals surface area contributed by atoms with Crippen molar-refractivity contribution in [3.05, 3.63) is 88.5 Å². The zero-order valence-corrected chi connectivity index (χ0v) is 18.3. The number of hydrogen-bond donors (Lipinski definition) is 0. The predicted molar refractivity (Wildman–Crippen MR) is 122 cm³/mol. The number of rotatable bonds is 9. The summed E-state index contributed by atoms with van der Waals surface area (Å²) < 4.78 is 21.7. The summed E-state index contributed by atoms with van der Waals surface area (Å²) >= 11 is 5.91. The highest BCUT2D eigenvalue weighted by atomic mass is 35.5. The van der Waals surface area contributed by atoms with Crippen LogP contribution in [0.1, 0.15) is 21.5 Å². The molecule has 0 aliphatic carbocycles. The lowest BCUT2D eigenvalue weighted by molar-refractivity contribution is 0.104. The van der Waals surface area contributed by atoms with E-state index in [2.05, 4.69) is 0 Å². The average molecular weight is 439 g/mol. The van der Waals surface area contributed by atoms with Gasteiger partial charge in [-0.3, -0.25) is 4.79 Å². The van der Waals surface area contributed by atoms with Crippen molar-refractivity contribution in [2.75, 3.05) is 21.3 Å². The molecule has 0 unspecified atom stereocenters. The summed E-state index contributed by atoms with van der Waals surface area (Å²) in [7, 11) is 4.70. The van der Waals surface area contributed by atoms with E-state index in [0.29, 0.717) is 40.2 Å². The van der Waals surface area contributed by atoms with Crippen LogP contribution in [0.25, 0.3) is 6.08 Å². The predicted octanol–water partition coefficient (Wildman–Crippen LogP) is 5.84. The molecule has 0 radical (unpaired) electrons. The van der Waals surface area contributed by atoms with Gasteiger partial charge < -0.3 is 18.9 Å². The summed E-state index contributed by atoms with van der Waals surface area (Å²) in [6.07, 6.45) is 3.27. The van der Waals surface area contributed by atoms with Gasteiger partial charge in [-0.1, -0.05) is 23.7 Å². The molecule has 0 saturated carbocycles. The van der Waals surface area contributed by atoms with Gasteiger partial charge in [0, 0.05) is 16.1 Å². The van der Waals surface area contributed by atoms with Crippen LogP contribution >= 0.6 is 11.6 Å². The lowest BCUT2D eigenvalue weighted by Gasteiger charge is -2.11. The summed E-state index contributed by atoms with van der Waals surface area (Å²) in [5.41, 5.74) is 2.22. The van der Waals surface area contributed by atoms with E-state index in [1.54, 1.807) is 62.8 Å². The molecule has 0 N–H and O–H groups in total. The van der Waals surface area contributed by atoms with Crippen molar-refractivity contribution >= 4 is 23.5 Å². The molecule has 0 saturated heterocycles. The van der Waals surface area contributed by atoms with Gasteiger partial charge in [0.1, 0.15) is 18.1 Å². The topological polar surface area (TPSA) is 54.0 Å². The van der Waals surface area contributed by atoms with Crippen molar-refractivity contribution in [1.29, 1.82) is 0 Å². The molecule has 3 rings (SSSR count). The van der Waals surface area contributed by atoms with E-state index in [-0.39, 0.29) is 5.78 Å². The van der Waals surface area contributed by atoms with E-state index >= 15 is 0 Å². The van der Waals surface area contributed by atoms with Gasteiger partial charge in [-0.15, -0.1) is 0 Å². The molecule has 5 nitrogen and oxygen atoms in total. The van der Waals surface area contributed by atoms with E-state index < -0.39 is 0 Å². The van der Waals surface area contributed by atoms with Gasteiger partial charge in [0.2, 0.25) is 0 Å². The van der Waals surface area contributed by atoms with Gasteiger partial charge in [-0.25, -0.2) is 0 Å². The average Bonchev–Trinajstić information content (AvgIpc) is 2.81. The van der Waals surface area contributed by atoms with Crippen LogP contribution < -0.4 is 18.9 Å². The maximum absolute atomic E-state index is 12.6. The molecule has 0 atom stereocenters. The van der Waals surface area contributed by atoms with Crippen LogP contribution in [0.15, 0.2) is 66.7 Å². The van der Waals surface area contributed by atoms with Crippen molar-refractivity contribution in [3.8, 4) is 23.0 Å². The van der Waals surface area contributed by atoms with Crippen LogP contribution in [0.2, 0.25) is 5.02 Å². The first-order chi connectivity index (χ1) is 15.0. The fourth-order valence-electron chi connectivity index (χ4n) is 2.96. The van der Waals surface area contributed by atoms with Crippen molar-refractivity contribution in [2.45, 2.75) is 6.61 Å². The lowest BCUT2D eigenvalue weighted by atomic mass is 10.1. The fourth-order valence-corrected chi connectivity index (χ4v) is 3.09. The van der Waals surface area contributed by atoms with Crippen LogP contribution in [0.3, 0.4) is 0 Å². The summed E-state index contributed by atoms with van der Waals surface area (Å²) in [6.45, 7) is 0.316. The molecule has 3 aromatic carbocycles. The minimum absolute atomic E-state index is 0.143. The van der Waals surface area contributed by atoms with E-state index in [9.17, 15) is 4.79 Å². The number of benzene rings is 3. The van der Waals surface area contributed by atoms with Crippen molar-refractivity contribution in [2.24, 2.45) is 0 Å². The molecule has 31 heavy (non-hydrogen) atoms. The van der Waals surface area contributed by atoms with Crippen LogP contribution in [0, 0.1) is 0 Å². The van der Waals surface area contributed by atoms with E-state index in [4.69, 9.17) is 30.5 Å². The van der Waals surface area contributed by atoms with Gasteiger partial charge in [0.15, 0.2) is 17.3 Å². The molecule has 0 fully saturated rings. The Labute approximate surface area is 186 Å². The largest absolute Gasteiger partial charge is 0.496 e. The SMILES string of the molecule is COc1ccc(/C=C/C(=O)c2ccc(OC)c(OC)c2)cc1COc1ccc(Cl)cc1. The smallest absolute Gasteiger partial charge is 0.185 e. The molecular weight excluding hydrogens is 416 g/mol. The number of ketones is 1. The maximum Gasteiger partial charge on any atom is 0.185 e. The minimum atomic E-state index is -0.143. The van der Waals surface area contributed by atoms with Crippen LogP contribution in [0.4, 0.5) is 0 Å². The molecule has 0 aliphatic heterocycles. The number of ether oxygens (including phenoxy) is 4. The molecule has 6 heteroatoms. The lowest BCUT2D eigenvalue weighted by Crippen LogP contribution is -1.99. The number of hydrogen-bond acceptors (Lipinski definition) is 5. The maximum atomic E-state index is 12.6. The highest BCUT2D eigenvalue weighted by Crippen LogP contribution is 2.28. The molecule has 0 bridgehead atoms.